The molecule has 27 heavy (non-hydrogen) atoms. The zero-order valence-electron chi connectivity index (χ0n) is 13.9. The predicted molar refractivity (Wildman–Crippen MR) is 94.0 cm³/mol. The fourth-order valence-corrected chi connectivity index (χ4v) is 2.27. The highest BCUT2D eigenvalue weighted by Gasteiger charge is 2.30. The summed E-state index contributed by atoms with van der Waals surface area (Å²) in [5.74, 6) is 0.342. The smallest absolute Gasteiger partial charge is 0.457 e. The Morgan fingerprint density at radius 2 is 1.44 bits per heavy atom. The van der Waals surface area contributed by atoms with Gasteiger partial charge in [-0.3, -0.25) is 4.79 Å². The van der Waals surface area contributed by atoms with E-state index in [0.29, 0.717) is 22.7 Å². The van der Waals surface area contributed by atoms with Gasteiger partial charge >= 0.3 is 6.36 Å². The van der Waals surface area contributed by atoms with Crippen molar-refractivity contribution in [2.45, 2.75) is 6.36 Å². The minimum atomic E-state index is -4.76. The number of hydrogen-bond acceptors (Lipinski definition) is 3. The third-order valence-electron chi connectivity index (χ3n) is 3.42. The second-order valence-corrected chi connectivity index (χ2v) is 5.47. The van der Waals surface area contributed by atoms with Gasteiger partial charge in [0.2, 0.25) is 0 Å². The Balaban J connectivity index is 1.66. The van der Waals surface area contributed by atoms with E-state index in [2.05, 4.69) is 10.1 Å². The van der Waals surface area contributed by atoms with Crippen molar-refractivity contribution in [2.24, 2.45) is 0 Å². The molecule has 3 aromatic carbocycles. The number of benzene rings is 3. The third kappa shape index (κ3) is 5.50. The van der Waals surface area contributed by atoms with Crippen LogP contribution >= 0.6 is 0 Å². The van der Waals surface area contributed by atoms with Gasteiger partial charge in [-0.2, -0.15) is 0 Å². The first kappa shape index (κ1) is 18.3. The van der Waals surface area contributed by atoms with Crippen LogP contribution in [0.3, 0.4) is 0 Å². The third-order valence-corrected chi connectivity index (χ3v) is 3.42. The van der Waals surface area contributed by atoms with Crippen LogP contribution in [0.4, 0.5) is 18.9 Å². The Morgan fingerprint density at radius 3 is 2.11 bits per heavy atom. The van der Waals surface area contributed by atoms with Crippen LogP contribution in [0, 0.1) is 0 Å². The highest BCUT2D eigenvalue weighted by molar-refractivity contribution is 6.04. The van der Waals surface area contributed by atoms with Crippen molar-refractivity contribution in [3.05, 3.63) is 84.4 Å². The zero-order chi connectivity index (χ0) is 19.3. The quantitative estimate of drug-likeness (QED) is 0.631. The number of halogens is 3. The van der Waals surface area contributed by atoms with Crippen molar-refractivity contribution in [1.82, 2.24) is 0 Å². The molecule has 0 bridgehead atoms. The Labute approximate surface area is 153 Å². The zero-order valence-corrected chi connectivity index (χ0v) is 13.9. The molecule has 0 heterocycles. The van der Waals surface area contributed by atoms with E-state index in [1.54, 1.807) is 36.4 Å². The lowest BCUT2D eigenvalue weighted by Crippen LogP contribution is -2.17. The minimum Gasteiger partial charge on any atom is -0.457 e. The Morgan fingerprint density at radius 1 is 0.778 bits per heavy atom. The molecule has 0 unspecified atom stereocenters. The van der Waals surface area contributed by atoms with E-state index >= 15 is 0 Å². The van der Waals surface area contributed by atoms with Gasteiger partial charge in [-0.25, -0.2) is 0 Å². The molecule has 0 aliphatic carbocycles. The fourth-order valence-electron chi connectivity index (χ4n) is 2.27. The SMILES string of the molecule is O=C(Nc1ccc(OC(F)(F)F)cc1)c1cccc(Oc2ccccc2)c1. The molecule has 4 nitrogen and oxygen atoms in total. The molecule has 0 spiro atoms. The number of carbonyl (C=O) groups is 1. The molecule has 138 valence electrons. The van der Waals surface area contributed by atoms with Gasteiger partial charge in [0.05, 0.1) is 0 Å². The standard InChI is InChI=1S/C20H14F3NO3/c21-20(22,23)27-17-11-9-15(10-12-17)24-19(25)14-5-4-8-18(13-14)26-16-6-2-1-3-7-16/h1-13H,(H,24,25). The second kappa shape index (κ2) is 7.82. The van der Waals surface area contributed by atoms with Crippen molar-refractivity contribution in [2.75, 3.05) is 5.32 Å². The van der Waals surface area contributed by atoms with Crippen LogP contribution in [0.5, 0.6) is 17.2 Å². The molecule has 0 saturated heterocycles. The normalized spacial score (nSPS) is 10.9. The molecule has 3 aromatic rings. The van der Waals surface area contributed by atoms with Crippen molar-refractivity contribution in [1.29, 1.82) is 0 Å². The van der Waals surface area contributed by atoms with E-state index in [-0.39, 0.29) is 5.75 Å². The summed E-state index contributed by atoms with van der Waals surface area (Å²) in [5, 5.41) is 2.61. The van der Waals surface area contributed by atoms with Crippen molar-refractivity contribution < 1.29 is 27.4 Å². The number of anilines is 1. The summed E-state index contributed by atoms with van der Waals surface area (Å²) < 4.78 is 46.0. The Kier molecular flexibility index (Phi) is 5.30. The Bertz CT molecular complexity index is 910. The molecule has 0 saturated carbocycles. The first-order valence-electron chi connectivity index (χ1n) is 7.89. The number of alkyl halides is 3. The van der Waals surface area contributed by atoms with Crippen molar-refractivity contribution in [3.63, 3.8) is 0 Å². The van der Waals surface area contributed by atoms with Crippen molar-refractivity contribution >= 4 is 11.6 Å². The summed E-state index contributed by atoms with van der Waals surface area (Å²) in [6.45, 7) is 0. The second-order valence-electron chi connectivity index (χ2n) is 5.47. The summed E-state index contributed by atoms with van der Waals surface area (Å²) >= 11 is 0. The number of rotatable bonds is 5. The molecule has 0 aliphatic heterocycles. The van der Waals surface area contributed by atoms with Crippen LogP contribution in [-0.4, -0.2) is 12.3 Å². The average Bonchev–Trinajstić information content (AvgIpc) is 2.63. The number of nitrogens with one attached hydrogen (secondary N) is 1. The van der Waals surface area contributed by atoms with Crippen LogP contribution in [0.2, 0.25) is 0 Å². The monoisotopic (exact) mass is 373 g/mol. The van der Waals surface area contributed by atoms with E-state index in [0.717, 1.165) is 12.1 Å². The van der Waals surface area contributed by atoms with Gasteiger partial charge in [-0.05, 0) is 54.6 Å². The maximum Gasteiger partial charge on any atom is 0.573 e. The molecular weight excluding hydrogens is 359 g/mol. The van der Waals surface area contributed by atoms with E-state index in [9.17, 15) is 18.0 Å². The topological polar surface area (TPSA) is 47.6 Å². The highest BCUT2D eigenvalue weighted by atomic mass is 19.4. The summed E-state index contributed by atoms with van der Waals surface area (Å²) in [7, 11) is 0. The molecule has 1 amide bonds. The largest absolute Gasteiger partial charge is 0.573 e. The molecule has 1 N–H and O–H groups in total. The maximum atomic E-state index is 12.4. The highest BCUT2D eigenvalue weighted by Crippen LogP contribution is 2.25. The van der Waals surface area contributed by atoms with Crippen molar-refractivity contribution in [3.8, 4) is 17.2 Å². The van der Waals surface area contributed by atoms with E-state index in [1.165, 1.54) is 12.1 Å². The number of carbonyl (C=O) groups excluding carboxylic acids is 1. The van der Waals surface area contributed by atoms with Gasteiger partial charge < -0.3 is 14.8 Å². The molecule has 7 heteroatoms. The molecular formula is C20H14F3NO3. The maximum absolute atomic E-state index is 12.4. The Hall–Kier alpha value is -3.48. The number of ether oxygens (including phenoxy) is 2. The van der Waals surface area contributed by atoms with Crippen LogP contribution < -0.4 is 14.8 Å². The lowest BCUT2D eigenvalue weighted by atomic mass is 10.2. The number of para-hydroxylation sites is 1. The van der Waals surface area contributed by atoms with Gasteiger partial charge in [-0.1, -0.05) is 24.3 Å². The van der Waals surface area contributed by atoms with Gasteiger partial charge in [0.25, 0.3) is 5.91 Å². The predicted octanol–water partition coefficient (Wildman–Crippen LogP) is 5.63. The lowest BCUT2D eigenvalue weighted by molar-refractivity contribution is -0.274. The summed E-state index contributed by atoms with van der Waals surface area (Å²) in [4.78, 5) is 12.4. The van der Waals surface area contributed by atoms with Crippen LogP contribution in [-0.2, 0) is 0 Å². The van der Waals surface area contributed by atoms with E-state index in [4.69, 9.17) is 4.74 Å². The lowest BCUT2D eigenvalue weighted by Gasteiger charge is -2.10. The fraction of sp³-hybridized carbons (Fsp3) is 0.0500. The van der Waals surface area contributed by atoms with Crippen LogP contribution in [0.1, 0.15) is 10.4 Å². The van der Waals surface area contributed by atoms with Gasteiger partial charge in [0.15, 0.2) is 0 Å². The summed E-state index contributed by atoms with van der Waals surface area (Å²) in [6.07, 6.45) is -4.76. The van der Waals surface area contributed by atoms with Crippen LogP contribution in [0.25, 0.3) is 0 Å². The average molecular weight is 373 g/mol. The molecule has 0 fully saturated rings. The van der Waals surface area contributed by atoms with Gasteiger partial charge in [0, 0.05) is 11.3 Å². The molecule has 0 aliphatic rings. The van der Waals surface area contributed by atoms with Crippen LogP contribution in [0.15, 0.2) is 78.9 Å². The summed E-state index contributed by atoms with van der Waals surface area (Å²) in [6, 6.07) is 20.6. The molecule has 3 rings (SSSR count). The number of hydrogen-bond donors (Lipinski definition) is 1. The number of amides is 1. The minimum absolute atomic E-state index is 0.337. The first-order valence-corrected chi connectivity index (χ1v) is 7.89. The molecule has 0 radical (unpaired) electrons. The molecule has 0 atom stereocenters. The van der Waals surface area contributed by atoms with Gasteiger partial charge in [-0.15, -0.1) is 13.2 Å². The first-order chi connectivity index (χ1) is 12.9. The van der Waals surface area contributed by atoms with Gasteiger partial charge in [0.1, 0.15) is 17.2 Å². The summed E-state index contributed by atoms with van der Waals surface area (Å²) in [5.41, 5.74) is 0.683. The van der Waals surface area contributed by atoms with E-state index in [1.807, 2.05) is 18.2 Å². The molecule has 0 aromatic heterocycles. The van der Waals surface area contributed by atoms with E-state index < -0.39 is 12.3 Å².